The molecular formula is C12H22N2O3. The van der Waals surface area contributed by atoms with E-state index in [2.05, 4.69) is 5.32 Å². The summed E-state index contributed by atoms with van der Waals surface area (Å²) in [5.74, 6) is -0.162. The summed E-state index contributed by atoms with van der Waals surface area (Å²) in [6.07, 6.45) is 0.891. The first kappa shape index (κ1) is 14.0. The van der Waals surface area contributed by atoms with Crippen molar-refractivity contribution in [2.45, 2.75) is 45.8 Å². The van der Waals surface area contributed by atoms with Gasteiger partial charge in [-0.15, -0.1) is 0 Å². The Morgan fingerprint density at radius 1 is 1.41 bits per heavy atom. The Hall–Kier alpha value is -1.10. The molecule has 5 nitrogen and oxygen atoms in total. The van der Waals surface area contributed by atoms with Crippen LogP contribution in [0.5, 0.6) is 0 Å². The van der Waals surface area contributed by atoms with Gasteiger partial charge in [-0.2, -0.15) is 0 Å². The van der Waals surface area contributed by atoms with Gasteiger partial charge in [-0.3, -0.25) is 9.59 Å². The van der Waals surface area contributed by atoms with Crippen molar-refractivity contribution in [3.05, 3.63) is 0 Å². The molecule has 1 aliphatic heterocycles. The lowest BCUT2D eigenvalue weighted by Crippen LogP contribution is -2.39. The molecule has 0 aliphatic carbocycles. The second-order valence-electron chi connectivity index (χ2n) is 5.42. The lowest BCUT2D eigenvalue weighted by molar-refractivity contribution is -0.153. The van der Waals surface area contributed by atoms with Crippen molar-refractivity contribution in [3.63, 3.8) is 0 Å². The highest BCUT2D eigenvalue weighted by molar-refractivity contribution is 5.74. The highest BCUT2D eigenvalue weighted by Crippen LogP contribution is 2.10. The Morgan fingerprint density at radius 2 is 2.06 bits per heavy atom. The van der Waals surface area contributed by atoms with E-state index < -0.39 is 5.60 Å². The normalized spacial score (nSPS) is 20.5. The monoisotopic (exact) mass is 242 g/mol. The Morgan fingerprint density at radius 3 is 2.53 bits per heavy atom. The SMILES string of the molecule is CC(=O)N1CCC(NCC(=O)OC(C)(C)C)C1. The first-order valence-electron chi connectivity index (χ1n) is 5.98. The minimum Gasteiger partial charge on any atom is -0.459 e. The number of carbonyl (C=O) groups excluding carboxylic acids is 2. The van der Waals surface area contributed by atoms with Crippen molar-refractivity contribution >= 4 is 11.9 Å². The standard InChI is InChI=1S/C12H22N2O3/c1-9(15)14-6-5-10(8-14)13-7-11(16)17-12(2,3)4/h10,13H,5-8H2,1-4H3. The maximum atomic E-state index is 11.5. The summed E-state index contributed by atoms with van der Waals surface area (Å²) in [5.41, 5.74) is -0.445. The maximum Gasteiger partial charge on any atom is 0.320 e. The van der Waals surface area contributed by atoms with Gasteiger partial charge in [0.15, 0.2) is 0 Å². The zero-order valence-corrected chi connectivity index (χ0v) is 11.1. The van der Waals surface area contributed by atoms with Crippen molar-refractivity contribution in [3.8, 4) is 0 Å². The summed E-state index contributed by atoms with van der Waals surface area (Å²) in [6, 6.07) is 0.200. The smallest absolute Gasteiger partial charge is 0.320 e. The molecule has 1 amide bonds. The molecule has 1 heterocycles. The van der Waals surface area contributed by atoms with Crippen LogP contribution in [0.1, 0.15) is 34.1 Å². The van der Waals surface area contributed by atoms with Crippen LogP contribution >= 0.6 is 0 Å². The summed E-state index contributed by atoms with van der Waals surface area (Å²) >= 11 is 0. The number of nitrogens with one attached hydrogen (secondary N) is 1. The van der Waals surface area contributed by atoms with Crippen molar-refractivity contribution in [1.82, 2.24) is 10.2 Å². The molecule has 0 aromatic rings. The largest absolute Gasteiger partial charge is 0.459 e. The summed E-state index contributed by atoms with van der Waals surface area (Å²) in [4.78, 5) is 24.4. The molecule has 0 aromatic heterocycles. The highest BCUT2D eigenvalue weighted by atomic mass is 16.6. The summed E-state index contributed by atoms with van der Waals surface area (Å²) < 4.78 is 5.19. The average molecular weight is 242 g/mol. The van der Waals surface area contributed by atoms with E-state index >= 15 is 0 Å². The predicted octanol–water partition coefficient (Wildman–Crippen LogP) is 0.539. The molecule has 98 valence electrons. The topological polar surface area (TPSA) is 58.6 Å². The van der Waals surface area contributed by atoms with Gasteiger partial charge >= 0.3 is 5.97 Å². The van der Waals surface area contributed by atoms with Gasteiger partial charge in [0.2, 0.25) is 5.91 Å². The molecule has 17 heavy (non-hydrogen) atoms. The molecule has 0 spiro atoms. The third kappa shape index (κ3) is 5.17. The van der Waals surface area contributed by atoms with E-state index in [4.69, 9.17) is 4.74 Å². The van der Waals surface area contributed by atoms with Crippen molar-refractivity contribution in [2.75, 3.05) is 19.6 Å². The van der Waals surface area contributed by atoms with E-state index in [1.807, 2.05) is 20.8 Å². The third-order valence-corrected chi connectivity index (χ3v) is 2.59. The van der Waals surface area contributed by atoms with Crippen LogP contribution in [-0.4, -0.2) is 48.1 Å². The fraction of sp³-hybridized carbons (Fsp3) is 0.833. The van der Waals surface area contributed by atoms with Crippen molar-refractivity contribution in [2.24, 2.45) is 0 Å². The van der Waals surface area contributed by atoms with E-state index in [9.17, 15) is 9.59 Å². The van der Waals surface area contributed by atoms with Crippen LogP contribution in [0.2, 0.25) is 0 Å². The van der Waals surface area contributed by atoms with E-state index in [0.29, 0.717) is 6.54 Å². The molecule has 1 saturated heterocycles. The van der Waals surface area contributed by atoms with Crippen LogP contribution in [0.3, 0.4) is 0 Å². The molecule has 5 heteroatoms. The third-order valence-electron chi connectivity index (χ3n) is 2.59. The zero-order valence-electron chi connectivity index (χ0n) is 11.1. The Bertz CT molecular complexity index is 297. The number of hydrogen-bond donors (Lipinski definition) is 1. The Balaban J connectivity index is 2.24. The first-order valence-corrected chi connectivity index (χ1v) is 5.98. The second kappa shape index (κ2) is 5.49. The van der Waals surface area contributed by atoms with Gasteiger partial charge < -0.3 is 15.0 Å². The van der Waals surface area contributed by atoms with Gasteiger partial charge in [0.25, 0.3) is 0 Å². The fourth-order valence-electron chi connectivity index (χ4n) is 1.82. The van der Waals surface area contributed by atoms with Crippen LogP contribution in [0.25, 0.3) is 0 Å². The molecule has 1 N–H and O–H groups in total. The highest BCUT2D eigenvalue weighted by Gasteiger charge is 2.25. The van der Waals surface area contributed by atoms with E-state index in [1.165, 1.54) is 0 Å². The van der Waals surface area contributed by atoms with Crippen molar-refractivity contribution in [1.29, 1.82) is 0 Å². The number of hydrogen-bond acceptors (Lipinski definition) is 4. The molecule has 1 rings (SSSR count). The molecule has 1 atom stereocenters. The van der Waals surface area contributed by atoms with Crippen LogP contribution in [0.4, 0.5) is 0 Å². The number of amides is 1. The van der Waals surface area contributed by atoms with Crippen LogP contribution in [0, 0.1) is 0 Å². The van der Waals surface area contributed by atoms with Gasteiger partial charge in [-0.1, -0.05) is 0 Å². The molecular weight excluding hydrogens is 220 g/mol. The molecule has 1 aliphatic rings. The minimum atomic E-state index is -0.445. The minimum absolute atomic E-state index is 0.0894. The lowest BCUT2D eigenvalue weighted by atomic mass is 10.2. The van der Waals surface area contributed by atoms with Gasteiger partial charge in [0.1, 0.15) is 5.60 Å². The predicted molar refractivity (Wildman–Crippen MR) is 64.5 cm³/mol. The number of rotatable bonds is 3. The molecule has 1 unspecified atom stereocenters. The quantitative estimate of drug-likeness (QED) is 0.734. The summed E-state index contributed by atoms with van der Waals surface area (Å²) in [6.45, 7) is 8.75. The van der Waals surface area contributed by atoms with E-state index in [1.54, 1.807) is 11.8 Å². The summed E-state index contributed by atoms with van der Waals surface area (Å²) in [7, 11) is 0. The van der Waals surface area contributed by atoms with Crippen molar-refractivity contribution < 1.29 is 14.3 Å². The van der Waals surface area contributed by atoms with Gasteiger partial charge in [-0.25, -0.2) is 0 Å². The number of carbonyl (C=O) groups is 2. The van der Waals surface area contributed by atoms with Gasteiger partial charge in [0, 0.05) is 26.1 Å². The Kier molecular flexibility index (Phi) is 4.51. The first-order chi connectivity index (χ1) is 7.78. The molecule has 0 radical (unpaired) electrons. The number of nitrogens with zero attached hydrogens (tertiary/aromatic N) is 1. The Labute approximate surface area is 102 Å². The summed E-state index contributed by atoms with van der Waals surface area (Å²) in [5, 5.41) is 3.12. The fourth-order valence-corrected chi connectivity index (χ4v) is 1.82. The van der Waals surface area contributed by atoms with Crippen LogP contribution in [-0.2, 0) is 14.3 Å². The van der Waals surface area contributed by atoms with Gasteiger partial charge in [-0.05, 0) is 27.2 Å². The molecule has 1 fully saturated rings. The molecule has 0 bridgehead atoms. The second-order valence-corrected chi connectivity index (χ2v) is 5.42. The molecule has 0 saturated carbocycles. The average Bonchev–Trinajstić information content (AvgIpc) is 2.60. The number of esters is 1. The molecule has 0 aromatic carbocycles. The lowest BCUT2D eigenvalue weighted by Gasteiger charge is -2.20. The van der Waals surface area contributed by atoms with Crippen LogP contribution < -0.4 is 5.32 Å². The number of likely N-dealkylation sites (tertiary alicyclic amines) is 1. The van der Waals surface area contributed by atoms with E-state index in [0.717, 1.165) is 13.0 Å². The van der Waals surface area contributed by atoms with Crippen LogP contribution in [0.15, 0.2) is 0 Å². The van der Waals surface area contributed by atoms with Gasteiger partial charge in [0.05, 0.1) is 6.54 Å². The zero-order chi connectivity index (χ0) is 13.1. The maximum absolute atomic E-state index is 11.5. The number of ether oxygens (including phenoxy) is 1. The van der Waals surface area contributed by atoms with E-state index in [-0.39, 0.29) is 24.5 Å².